The summed E-state index contributed by atoms with van der Waals surface area (Å²) in [6.45, 7) is 3.81. The van der Waals surface area contributed by atoms with E-state index in [0.717, 1.165) is 5.69 Å². The number of amides is 2. The van der Waals surface area contributed by atoms with Gasteiger partial charge in [-0.1, -0.05) is 18.2 Å². The number of nitrogens with one attached hydrogen (secondary N) is 1. The van der Waals surface area contributed by atoms with Crippen LogP contribution in [0, 0.1) is 0 Å². The van der Waals surface area contributed by atoms with E-state index in [4.69, 9.17) is 0 Å². The van der Waals surface area contributed by atoms with Crippen molar-refractivity contribution in [1.29, 1.82) is 0 Å². The molecule has 1 aromatic carbocycles. The van der Waals surface area contributed by atoms with Crippen LogP contribution in [-0.2, 0) is 4.79 Å². The lowest BCUT2D eigenvalue weighted by Crippen LogP contribution is -2.49. The van der Waals surface area contributed by atoms with Crippen LogP contribution in [0.15, 0.2) is 54.9 Å². The zero-order valence-electron chi connectivity index (χ0n) is 16.0. The van der Waals surface area contributed by atoms with Gasteiger partial charge in [-0.05, 0) is 18.2 Å². The van der Waals surface area contributed by atoms with Gasteiger partial charge in [0.1, 0.15) is 5.82 Å². The normalized spacial score (nSPS) is 14.0. The molecule has 2 aromatic heterocycles. The number of nitrogens with zero attached hydrogens (tertiary/aromatic N) is 6. The van der Waals surface area contributed by atoms with E-state index in [0.29, 0.717) is 43.6 Å². The number of hydrogen-bond donors (Lipinski definition) is 1. The van der Waals surface area contributed by atoms with E-state index < -0.39 is 0 Å². The molecule has 148 valence electrons. The summed E-state index contributed by atoms with van der Waals surface area (Å²) < 4.78 is 1.57. The molecule has 1 fully saturated rings. The minimum atomic E-state index is -0.224. The van der Waals surface area contributed by atoms with E-state index in [9.17, 15) is 9.59 Å². The van der Waals surface area contributed by atoms with Crippen LogP contribution in [0.25, 0.3) is 5.69 Å². The second-order valence-electron chi connectivity index (χ2n) is 6.67. The van der Waals surface area contributed by atoms with Crippen LogP contribution < -0.4 is 10.2 Å². The van der Waals surface area contributed by atoms with Gasteiger partial charge in [-0.3, -0.25) is 9.59 Å². The molecule has 3 heterocycles. The number of piperazine rings is 1. The number of anilines is 2. The fraction of sp³-hybridized carbons (Fsp3) is 0.250. The van der Waals surface area contributed by atoms with Crippen LogP contribution in [0.1, 0.15) is 17.4 Å². The topological polar surface area (TPSA) is 96.2 Å². The Labute approximate surface area is 168 Å². The molecule has 0 aliphatic carbocycles. The van der Waals surface area contributed by atoms with Crippen molar-refractivity contribution in [2.45, 2.75) is 6.92 Å². The van der Waals surface area contributed by atoms with Gasteiger partial charge in [0.2, 0.25) is 11.9 Å². The van der Waals surface area contributed by atoms with Crippen molar-refractivity contribution in [2.24, 2.45) is 0 Å². The van der Waals surface area contributed by atoms with Crippen LogP contribution in [0.2, 0.25) is 0 Å². The smallest absolute Gasteiger partial charge is 0.274 e. The first-order valence-electron chi connectivity index (χ1n) is 9.36. The maximum absolute atomic E-state index is 13.0. The van der Waals surface area contributed by atoms with E-state index in [1.807, 2.05) is 30.3 Å². The Bertz CT molecular complexity index is 996. The highest BCUT2D eigenvalue weighted by atomic mass is 16.2. The lowest BCUT2D eigenvalue weighted by atomic mass is 10.3. The minimum Gasteiger partial charge on any atom is -0.337 e. The predicted octanol–water partition coefficient (Wildman–Crippen LogP) is 1.58. The molecule has 1 N–H and O–H groups in total. The Hall–Kier alpha value is -3.75. The SMILES string of the molecule is CC(=O)Nc1cc(C(=O)N2CCN(c3ncccn3)CC2)nn1-c1ccccc1. The summed E-state index contributed by atoms with van der Waals surface area (Å²) in [5.74, 6) is 0.738. The zero-order valence-corrected chi connectivity index (χ0v) is 16.0. The third kappa shape index (κ3) is 4.08. The molecule has 0 unspecified atom stereocenters. The summed E-state index contributed by atoms with van der Waals surface area (Å²) >= 11 is 0. The first kappa shape index (κ1) is 18.6. The van der Waals surface area contributed by atoms with Gasteiger partial charge < -0.3 is 15.1 Å². The van der Waals surface area contributed by atoms with Crippen molar-refractivity contribution >= 4 is 23.6 Å². The number of rotatable bonds is 4. The minimum absolute atomic E-state index is 0.167. The molecular weight excluding hydrogens is 370 g/mol. The number of para-hydroxylation sites is 1. The molecule has 3 aromatic rings. The first-order chi connectivity index (χ1) is 14.1. The van der Waals surface area contributed by atoms with Crippen LogP contribution in [-0.4, -0.2) is 62.6 Å². The van der Waals surface area contributed by atoms with Gasteiger partial charge in [-0.25, -0.2) is 14.6 Å². The first-order valence-corrected chi connectivity index (χ1v) is 9.36. The number of benzene rings is 1. The van der Waals surface area contributed by atoms with Crippen molar-refractivity contribution in [3.63, 3.8) is 0 Å². The van der Waals surface area contributed by atoms with Gasteiger partial charge >= 0.3 is 0 Å². The van der Waals surface area contributed by atoms with Crippen molar-refractivity contribution in [2.75, 3.05) is 36.4 Å². The molecule has 0 bridgehead atoms. The predicted molar refractivity (Wildman–Crippen MR) is 108 cm³/mol. The van der Waals surface area contributed by atoms with Gasteiger partial charge in [-0.2, -0.15) is 5.10 Å². The Morgan fingerprint density at radius 2 is 1.66 bits per heavy atom. The Morgan fingerprint density at radius 3 is 2.31 bits per heavy atom. The Morgan fingerprint density at radius 1 is 0.966 bits per heavy atom. The van der Waals surface area contributed by atoms with Gasteiger partial charge in [0, 0.05) is 51.6 Å². The Kier molecular flexibility index (Phi) is 5.19. The maximum Gasteiger partial charge on any atom is 0.274 e. The molecular formula is C20H21N7O2. The molecule has 4 rings (SSSR count). The second-order valence-corrected chi connectivity index (χ2v) is 6.67. The quantitative estimate of drug-likeness (QED) is 0.725. The summed E-state index contributed by atoms with van der Waals surface area (Å²) in [4.78, 5) is 36.9. The molecule has 1 aliphatic rings. The third-order valence-corrected chi connectivity index (χ3v) is 4.64. The Balaban J connectivity index is 1.52. The van der Waals surface area contributed by atoms with Gasteiger partial charge in [0.05, 0.1) is 5.69 Å². The molecule has 0 radical (unpaired) electrons. The lowest BCUT2D eigenvalue weighted by Gasteiger charge is -2.34. The standard InChI is InChI=1S/C20H21N7O2/c1-15(28)23-18-14-17(24-27(18)16-6-3-2-4-7-16)19(29)25-10-12-26(13-11-25)20-21-8-5-9-22-20/h2-9,14H,10-13H2,1H3,(H,23,28). The molecule has 9 heteroatoms. The van der Waals surface area contributed by atoms with Crippen LogP contribution in [0.3, 0.4) is 0 Å². The fourth-order valence-electron chi connectivity index (χ4n) is 3.25. The molecule has 1 aliphatic heterocycles. The van der Waals surface area contributed by atoms with E-state index in [-0.39, 0.29) is 11.8 Å². The lowest BCUT2D eigenvalue weighted by molar-refractivity contribution is -0.114. The molecule has 1 saturated heterocycles. The second kappa shape index (κ2) is 8.09. The zero-order chi connectivity index (χ0) is 20.2. The average Bonchev–Trinajstić information content (AvgIpc) is 3.17. The van der Waals surface area contributed by atoms with Crippen LogP contribution >= 0.6 is 0 Å². The van der Waals surface area contributed by atoms with Crippen molar-refractivity contribution in [1.82, 2.24) is 24.6 Å². The highest BCUT2D eigenvalue weighted by Crippen LogP contribution is 2.19. The van der Waals surface area contributed by atoms with Crippen molar-refractivity contribution < 1.29 is 9.59 Å². The summed E-state index contributed by atoms with van der Waals surface area (Å²) in [7, 11) is 0. The third-order valence-electron chi connectivity index (χ3n) is 4.64. The number of carbonyl (C=O) groups is 2. The molecule has 0 spiro atoms. The van der Waals surface area contributed by atoms with E-state index >= 15 is 0 Å². The highest BCUT2D eigenvalue weighted by molar-refractivity contribution is 5.95. The fourth-order valence-corrected chi connectivity index (χ4v) is 3.25. The molecule has 29 heavy (non-hydrogen) atoms. The monoisotopic (exact) mass is 391 g/mol. The summed E-state index contributed by atoms with van der Waals surface area (Å²) in [6.07, 6.45) is 3.42. The van der Waals surface area contributed by atoms with Gasteiger partial charge in [-0.15, -0.1) is 0 Å². The maximum atomic E-state index is 13.0. The molecule has 0 saturated carbocycles. The van der Waals surface area contributed by atoms with Gasteiger partial charge in [0.15, 0.2) is 5.69 Å². The van der Waals surface area contributed by atoms with E-state index in [2.05, 4.69) is 25.3 Å². The number of aromatic nitrogens is 4. The average molecular weight is 391 g/mol. The summed E-state index contributed by atoms with van der Waals surface area (Å²) in [5, 5.41) is 7.20. The summed E-state index contributed by atoms with van der Waals surface area (Å²) in [5.41, 5.74) is 1.06. The van der Waals surface area contributed by atoms with Crippen molar-refractivity contribution in [3.05, 3.63) is 60.6 Å². The largest absolute Gasteiger partial charge is 0.337 e. The van der Waals surface area contributed by atoms with Crippen molar-refractivity contribution in [3.8, 4) is 5.69 Å². The van der Waals surface area contributed by atoms with E-state index in [1.165, 1.54) is 6.92 Å². The van der Waals surface area contributed by atoms with Gasteiger partial charge in [0.25, 0.3) is 5.91 Å². The van der Waals surface area contributed by atoms with Crippen LogP contribution in [0.4, 0.5) is 11.8 Å². The molecule has 2 amide bonds. The van der Waals surface area contributed by atoms with Crippen LogP contribution in [0.5, 0.6) is 0 Å². The highest BCUT2D eigenvalue weighted by Gasteiger charge is 2.26. The number of carbonyl (C=O) groups excluding carboxylic acids is 2. The molecule has 0 atom stereocenters. The van der Waals surface area contributed by atoms with E-state index in [1.54, 1.807) is 34.1 Å². The summed E-state index contributed by atoms with van der Waals surface area (Å²) in [6, 6.07) is 12.8. The number of hydrogen-bond acceptors (Lipinski definition) is 6. The molecule has 9 nitrogen and oxygen atoms in total.